The van der Waals surface area contributed by atoms with E-state index in [0.717, 1.165) is 38.3 Å². The Kier molecular flexibility index (Phi) is 4.02. The Hall–Kier alpha value is -0.940. The minimum atomic E-state index is -0.644. The van der Waals surface area contributed by atoms with Crippen LogP contribution in [0.1, 0.15) is 32.5 Å². The molecule has 0 bridgehead atoms. The van der Waals surface area contributed by atoms with Gasteiger partial charge in [-0.05, 0) is 32.4 Å². The zero-order chi connectivity index (χ0) is 13.2. The molecule has 18 heavy (non-hydrogen) atoms. The van der Waals surface area contributed by atoms with Gasteiger partial charge in [-0.2, -0.15) is 5.10 Å². The summed E-state index contributed by atoms with van der Waals surface area (Å²) in [6.07, 6.45) is 4.09. The Balaban J connectivity index is 2.06. The Morgan fingerprint density at radius 2 is 2.28 bits per heavy atom. The van der Waals surface area contributed by atoms with Crippen molar-refractivity contribution < 1.29 is 5.11 Å². The summed E-state index contributed by atoms with van der Waals surface area (Å²) in [4.78, 5) is 6.49. The molecule has 1 aromatic heterocycles. The second kappa shape index (κ2) is 5.36. The van der Waals surface area contributed by atoms with E-state index in [0.29, 0.717) is 12.3 Å². The molecule has 1 atom stereocenters. The van der Waals surface area contributed by atoms with Gasteiger partial charge in [-0.15, -0.1) is 0 Å². The van der Waals surface area contributed by atoms with Gasteiger partial charge >= 0.3 is 0 Å². The molecule has 1 fully saturated rings. The Morgan fingerprint density at radius 3 is 2.94 bits per heavy atom. The lowest BCUT2D eigenvalue weighted by atomic mass is 9.89. The van der Waals surface area contributed by atoms with Gasteiger partial charge in [0.05, 0.1) is 5.60 Å². The van der Waals surface area contributed by atoms with Crippen LogP contribution < -0.4 is 0 Å². The molecular weight excluding hydrogens is 228 g/mol. The van der Waals surface area contributed by atoms with E-state index in [1.54, 1.807) is 6.33 Å². The van der Waals surface area contributed by atoms with Gasteiger partial charge in [-0.25, -0.2) is 9.67 Å². The predicted molar refractivity (Wildman–Crippen MR) is 70.2 cm³/mol. The monoisotopic (exact) mass is 252 g/mol. The number of hydrogen-bond acceptors (Lipinski definition) is 4. The number of nitrogens with zero attached hydrogens (tertiary/aromatic N) is 4. The highest BCUT2D eigenvalue weighted by Crippen LogP contribution is 2.23. The number of β-amino-alcohol motifs (C(OH)–C–C–N with tert-alkyl or cyclic N) is 1. The fraction of sp³-hybridized carbons (Fsp3) is 0.846. The van der Waals surface area contributed by atoms with Gasteiger partial charge in [0.1, 0.15) is 12.2 Å². The largest absolute Gasteiger partial charge is 0.388 e. The van der Waals surface area contributed by atoms with Crippen LogP contribution in [0.15, 0.2) is 6.33 Å². The van der Waals surface area contributed by atoms with Crippen LogP contribution in [0.2, 0.25) is 0 Å². The summed E-state index contributed by atoms with van der Waals surface area (Å²) in [6.45, 7) is 6.98. The third-order valence-corrected chi connectivity index (χ3v) is 3.47. The molecule has 0 amide bonds. The van der Waals surface area contributed by atoms with Crippen LogP contribution in [0.25, 0.3) is 0 Å². The summed E-state index contributed by atoms with van der Waals surface area (Å²) in [6, 6.07) is 0. The molecular formula is C13H24N4O. The molecule has 1 aromatic rings. The first-order valence-electron chi connectivity index (χ1n) is 6.76. The SMILES string of the molecule is CC(C)Cn1ncnc1CC1(O)CCCN(C)C1. The molecule has 0 saturated carbocycles. The van der Waals surface area contributed by atoms with Gasteiger partial charge in [0.15, 0.2) is 0 Å². The van der Waals surface area contributed by atoms with E-state index in [2.05, 4.69) is 35.9 Å². The molecule has 1 aliphatic heterocycles. The smallest absolute Gasteiger partial charge is 0.138 e. The van der Waals surface area contributed by atoms with Crippen LogP contribution in [0, 0.1) is 5.92 Å². The highest BCUT2D eigenvalue weighted by Gasteiger charge is 2.33. The van der Waals surface area contributed by atoms with Crippen molar-refractivity contribution in [1.29, 1.82) is 0 Å². The first kappa shape index (κ1) is 13.5. The molecule has 0 aliphatic carbocycles. The van der Waals surface area contributed by atoms with Crippen molar-refractivity contribution in [3.63, 3.8) is 0 Å². The van der Waals surface area contributed by atoms with Crippen LogP contribution in [-0.2, 0) is 13.0 Å². The van der Waals surface area contributed by atoms with Gasteiger partial charge in [0.2, 0.25) is 0 Å². The lowest BCUT2D eigenvalue weighted by Gasteiger charge is -2.37. The summed E-state index contributed by atoms with van der Waals surface area (Å²) in [7, 11) is 2.06. The quantitative estimate of drug-likeness (QED) is 0.866. The molecule has 1 unspecified atom stereocenters. The number of likely N-dealkylation sites (tertiary alicyclic amines) is 1. The van der Waals surface area contributed by atoms with E-state index in [4.69, 9.17) is 0 Å². The van der Waals surface area contributed by atoms with E-state index in [9.17, 15) is 5.11 Å². The van der Waals surface area contributed by atoms with E-state index in [-0.39, 0.29) is 0 Å². The van der Waals surface area contributed by atoms with E-state index in [1.807, 2.05) is 4.68 Å². The third-order valence-electron chi connectivity index (χ3n) is 3.47. The molecule has 1 saturated heterocycles. The van der Waals surface area contributed by atoms with Crippen LogP contribution in [0.3, 0.4) is 0 Å². The topological polar surface area (TPSA) is 54.2 Å². The first-order valence-corrected chi connectivity index (χ1v) is 6.76. The number of hydrogen-bond donors (Lipinski definition) is 1. The van der Waals surface area contributed by atoms with Crippen molar-refractivity contribution in [2.24, 2.45) is 5.92 Å². The van der Waals surface area contributed by atoms with Gasteiger partial charge < -0.3 is 10.0 Å². The van der Waals surface area contributed by atoms with Crippen molar-refractivity contribution in [1.82, 2.24) is 19.7 Å². The molecule has 1 aliphatic rings. The number of aliphatic hydroxyl groups is 1. The van der Waals surface area contributed by atoms with Gasteiger partial charge in [0.25, 0.3) is 0 Å². The average Bonchev–Trinajstić information content (AvgIpc) is 2.63. The minimum Gasteiger partial charge on any atom is -0.388 e. The number of rotatable bonds is 4. The maximum atomic E-state index is 10.6. The van der Waals surface area contributed by atoms with Crippen molar-refractivity contribution >= 4 is 0 Å². The van der Waals surface area contributed by atoms with Gasteiger partial charge in [0, 0.05) is 19.5 Å². The molecule has 5 nitrogen and oxygen atoms in total. The van der Waals surface area contributed by atoms with Crippen LogP contribution >= 0.6 is 0 Å². The van der Waals surface area contributed by atoms with E-state index < -0.39 is 5.60 Å². The highest BCUT2D eigenvalue weighted by atomic mass is 16.3. The van der Waals surface area contributed by atoms with Gasteiger partial charge in [-0.1, -0.05) is 13.8 Å². The molecule has 0 radical (unpaired) electrons. The maximum absolute atomic E-state index is 10.6. The third kappa shape index (κ3) is 3.29. The second-order valence-electron chi connectivity index (χ2n) is 5.99. The number of piperidine rings is 1. The summed E-state index contributed by atoms with van der Waals surface area (Å²) >= 11 is 0. The maximum Gasteiger partial charge on any atom is 0.138 e. The number of aromatic nitrogens is 3. The van der Waals surface area contributed by atoms with Crippen molar-refractivity contribution in [3.8, 4) is 0 Å². The Labute approximate surface area is 109 Å². The summed E-state index contributed by atoms with van der Waals surface area (Å²) in [5.74, 6) is 1.44. The van der Waals surface area contributed by atoms with Crippen molar-refractivity contribution in [2.45, 2.75) is 45.3 Å². The minimum absolute atomic E-state index is 0.536. The fourth-order valence-electron chi connectivity index (χ4n) is 2.70. The number of likely N-dealkylation sites (N-methyl/N-ethyl adjacent to an activating group) is 1. The summed E-state index contributed by atoms with van der Waals surface area (Å²) in [5, 5.41) is 14.9. The lowest BCUT2D eigenvalue weighted by molar-refractivity contribution is -0.0246. The molecule has 102 valence electrons. The van der Waals surface area contributed by atoms with E-state index in [1.165, 1.54) is 0 Å². The molecule has 2 heterocycles. The first-order chi connectivity index (χ1) is 8.48. The van der Waals surface area contributed by atoms with Crippen LogP contribution in [-0.4, -0.2) is 50.5 Å². The summed E-state index contributed by atoms with van der Waals surface area (Å²) in [5.41, 5.74) is -0.644. The lowest BCUT2D eigenvalue weighted by Crippen LogP contribution is -2.48. The Morgan fingerprint density at radius 1 is 1.50 bits per heavy atom. The van der Waals surface area contributed by atoms with Crippen molar-refractivity contribution in [3.05, 3.63) is 12.2 Å². The molecule has 2 rings (SSSR count). The Bertz CT molecular complexity index is 390. The molecule has 5 heteroatoms. The zero-order valence-electron chi connectivity index (χ0n) is 11.6. The average molecular weight is 252 g/mol. The van der Waals surface area contributed by atoms with Crippen LogP contribution in [0.5, 0.6) is 0 Å². The molecule has 0 aromatic carbocycles. The predicted octanol–water partition coefficient (Wildman–Crippen LogP) is 0.933. The van der Waals surface area contributed by atoms with E-state index >= 15 is 0 Å². The normalized spacial score (nSPS) is 25.8. The fourth-order valence-corrected chi connectivity index (χ4v) is 2.70. The summed E-state index contributed by atoms with van der Waals surface area (Å²) < 4.78 is 1.93. The standard InChI is InChI=1S/C13H24N4O/c1-11(2)8-17-12(14-10-15-17)7-13(18)5-4-6-16(3)9-13/h10-11,18H,4-9H2,1-3H3. The molecule has 1 N–H and O–H groups in total. The van der Waals surface area contributed by atoms with Gasteiger partial charge in [-0.3, -0.25) is 0 Å². The van der Waals surface area contributed by atoms with Crippen molar-refractivity contribution in [2.75, 3.05) is 20.1 Å². The second-order valence-corrected chi connectivity index (χ2v) is 5.99. The highest BCUT2D eigenvalue weighted by molar-refractivity contribution is 4.98. The molecule has 0 spiro atoms. The zero-order valence-corrected chi connectivity index (χ0v) is 11.6. The van der Waals surface area contributed by atoms with Crippen LogP contribution in [0.4, 0.5) is 0 Å².